The Balaban J connectivity index is 1.70. The van der Waals surface area contributed by atoms with E-state index in [1.165, 1.54) is 0 Å². The number of benzene rings is 2. The van der Waals surface area contributed by atoms with Crippen LogP contribution in [0.1, 0.15) is 12.0 Å². The number of rotatable bonds is 6. The normalized spacial score (nSPS) is 12.3. The molecule has 0 radical (unpaired) electrons. The minimum absolute atomic E-state index is 0.0394. The lowest BCUT2D eigenvalue weighted by atomic mass is 10.2. The lowest BCUT2D eigenvalue weighted by Crippen LogP contribution is -2.33. The van der Waals surface area contributed by atoms with E-state index in [2.05, 4.69) is 5.32 Å². The summed E-state index contributed by atoms with van der Waals surface area (Å²) in [5.41, 5.74) is 1.29. The summed E-state index contributed by atoms with van der Waals surface area (Å²) in [7, 11) is -3.60. The van der Waals surface area contributed by atoms with Gasteiger partial charge in [0.25, 0.3) is 0 Å². The fraction of sp³-hybridized carbons (Fsp3) is 0.222. The van der Waals surface area contributed by atoms with Crippen LogP contribution in [0, 0.1) is 11.3 Å². The summed E-state index contributed by atoms with van der Waals surface area (Å²) < 4.78 is 36.0. The molecule has 0 fully saturated rings. The van der Waals surface area contributed by atoms with Gasteiger partial charge in [0.2, 0.25) is 22.7 Å². The van der Waals surface area contributed by atoms with Crippen molar-refractivity contribution in [2.75, 3.05) is 29.2 Å². The second-order valence-electron chi connectivity index (χ2n) is 5.86. The average Bonchev–Trinajstić information content (AvgIpc) is 3.08. The molecule has 0 saturated heterocycles. The van der Waals surface area contributed by atoms with Gasteiger partial charge >= 0.3 is 0 Å². The largest absolute Gasteiger partial charge is 0.454 e. The summed E-state index contributed by atoms with van der Waals surface area (Å²) in [5, 5.41) is 11.6. The topological polar surface area (TPSA) is 109 Å². The first-order valence-electron chi connectivity index (χ1n) is 8.04. The number of anilines is 2. The Kier molecular flexibility index (Phi) is 5.19. The molecule has 1 heterocycles. The monoisotopic (exact) mass is 387 g/mol. The molecule has 140 valence electrons. The summed E-state index contributed by atoms with van der Waals surface area (Å²) in [6.07, 6.45) is 1.02. The van der Waals surface area contributed by atoms with Crippen LogP contribution in [-0.2, 0) is 14.8 Å². The molecule has 0 unspecified atom stereocenters. The zero-order valence-corrected chi connectivity index (χ0v) is 15.3. The van der Waals surface area contributed by atoms with Crippen LogP contribution in [0.2, 0.25) is 0 Å². The van der Waals surface area contributed by atoms with Gasteiger partial charge < -0.3 is 14.8 Å². The van der Waals surface area contributed by atoms with Crippen LogP contribution in [0.25, 0.3) is 0 Å². The van der Waals surface area contributed by atoms with Crippen molar-refractivity contribution < 1.29 is 22.7 Å². The second-order valence-corrected chi connectivity index (χ2v) is 7.77. The number of sulfonamides is 1. The second kappa shape index (κ2) is 7.55. The van der Waals surface area contributed by atoms with E-state index in [1.54, 1.807) is 42.5 Å². The van der Waals surface area contributed by atoms with Crippen LogP contribution < -0.4 is 19.1 Å². The summed E-state index contributed by atoms with van der Waals surface area (Å²) in [5.74, 6) is 0.640. The molecule has 0 aromatic heterocycles. The standard InChI is InChI=1S/C18H17N3O5S/c1-27(23,24)21(15-5-6-16-17(10-15)26-12-25-16)8-7-18(22)20-14-4-2-3-13(9-14)11-19/h2-6,9-10H,7-8,12H2,1H3,(H,20,22). The minimum atomic E-state index is -3.60. The fourth-order valence-electron chi connectivity index (χ4n) is 2.62. The van der Waals surface area contributed by atoms with E-state index in [-0.39, 0.29) is 25.7 Å². The average molecular weight is 387 g/mol. The number of hydrogen-bond donors (Lipinski definition) is 1. The first kappa shape index (κ1) is 18.5. The van der Waals surface area contributed by atoms with E-state index in [9.17, 15) is 13.2 Å². The van der Waals surface area contributed by atoms with Gasteiger partial charge in [-0.1, -0.05) is 6.07 Å². The number of nitrogens with zero attached hydrogens (tertiary/aromatic N) is 2. The van der Waals surface area contributed by atoms with Crippen molar-refractivity contribution in [3.63, 3.8) is 0 Å². The zero-order valence-electron chi connectivity index (χ0n) is 14.5. The van der Waals surface area contributed by atoms with E-state index in [1.807, 2.05) is 6.07 Å². The van der Waals surface area contributed by atoms with Crippen LogP contribution in [-0.4, -0.2) is 33.9 Å². The molecule has 1 N–H and O–H groups in total. The molecule has 1 aliphatic rings. The van der Waals surface area contributed by atoms with Gasteiger partial charge in [0, 0.05) is 24.7 Å². The Hall–Kier alpha value is -3.25. The summed E-state index contributed by atoms with van der Waals surface area (Å²) in [4.78, 5) is 12.2. The van der Waals surface area contributed by atoms with Gasteiger partial charge in [-0.2, -0.15) is 5.26 Å². The number of fused-ring (bicyclic) bond motifs is 1. The Morgan fingerprint density at radius 3 is 2.74 bits per heavy atom. The summed E-state index contributed by atoms with van der Waals surface area (Å²) in [6, 6.07) is 13.3. The minimum Gasteiger partial charge on any atom is -0.454 e. The van der Waals surface area contributed by atoms with Gasteiger partial charge in [-0.3, -0.25) is 9.10 Å². The highest BCUT2D eigenvalue weighted by atomic mass is 32.2. The zero-order chi connectivity index (χ0) is 19.4. The van der Waals surface area contributed by atoms with Gasteiger partial charge in [0.15, 0.2) is 11.5 Å². The van der Waals surface area contributed by atoms with Crippen LogP contribution in [0.3, 0.4) is 0 Å². The molecule has 0 aliphatic carbocycles. The molecule has 0 bridgehead atoms. The van der Waals surface area contributed by atoms with Crippen LogP contribution in [0.5, 0.6) is 11.5 Å². The smallest absolute Gasteiger partial charge is 0.232 e. The third kappa shape index (κ3) is 4.48. The number of carbonyl (C=O) groups is 1. The van der Waals surface area contributed by atoms with Crippen molar-refractivity contribution in [3.05, 3.63) is 48.0 Å². The van der Waals surface area contributed by atoms with Crippen LogP contribution in [0.4, 0.5) is 11.4 Å². The number of carbonyl (C=O) groups excluding carboxylic acids is 1. The molecule has 8 nitrogen and oxygen atoms in total. The van der Waals surface area contributed by atoms with Gasteiger partial charge in [0.05, 0.1) is 23.6 Å². The molecule has 0 saturated carbocycles. The molecular weight excluding hydrogens is 370 g/mol. The fourth-order valence-corrected chi connectivity index (χ4v) is 3.54. The quantitative estimate of drug-likeness (QED) is 0.813. The summed E-state index contributed by atoms with van der Waals surface area (Å²) >= 11 is 0. The Morgan fingerprint density at radius 2 is 2.00 bits per heavy atom. The van der Waals surface area contributed by atoms with Crippen molar-refractivity contribution in [3.8, 4) is 17.6 Å². The number of nitrogens with one attached hydrogen (secondary N) is 1. The SMILES string of the molecule is CS(=O)(=O)N(CCC(=O)Nc1cccc(C#N)c1)c1ccc2c(c1)OCO2. The maximum absolute atomic E-state index is 12.2. The van der Waals surface area contributed by atoms with Crippen LogP contribution in [0.15, 0.2) is 42.5 Å². The third-order valence-electron chi connectivity index (χ3n) is 3.86. The van der Waals surface area contributed by atoms with Crippen molar-refractivity contribution in [2.24, 2.45) is 0 Å². The van der Waals surface area contributed by atoms with Gasteiger partial charge in [-0.15, -0.1) is 0 Å². The van der Waals surface area contributed by atoms with Crippen molar-refractivity contribution in [1.29, 1.82) is 5.26 Å². The third-order valence-corrected chi connectivity index (χ3v) is 5.06. The Labute approximate surface area is 157 Å². The molecule has 2 aromatic rings. The van der Waals surface area contributed by atoms with Crippen molar-refractivity contribution in [2.45, 2.75) is 6.42 Å². The van der Waals surface area contributed by atoms with E-state index >= 15 is 0 Å². The van der Waals surface area contributed by atoms with E-state index in [4.69, 9.17) is 14.7 Å². The predicted octanol–water partition coefficient (Wildman–Crippen LogP) is 2.08. The highest BCUT2D eigenvalue weighted by Crippen LogP contribution is 2.36. The molecule has 0 atom stereocenters. The number of amides is 1. The molecule has 1 amide bonds. The van der Waals surface area contributed by atoms with E-state index < -0.39 is 10.0 Å². The molecule has 2 aromatic carbocycles. The highest BCUT2D eigenvalue weighted by Gasteiger charge is 2.22. The molecule has 1 aliphatic heterocycles. The number of nitriles is 1. The first-order chi connectivity index (χ1) is 12.9. The first-order valence-corrected chi connectivity index (χ1v) is 9.89. The van der Waals surface area contributed by atoms with Crippen molar-refractivity contribution >= 4 is 27.3 Å². The maximum atomic E-state index is 12.2. The summed E-state index contributed by atoms with van der Waals surface area (Å²) in [6.45, 7) is 0.0457. The molecular formula is C18H17N3O5S. The van der Waals surface area contributed by atoms with Crippen molar-refractivity contribution in [1.82, 2.24) is 0 Å². The van der Waals surface area contributed by atoms with Gasteiger partial charge in [-0.25, -0.2) is 8.42 Å². The van der Waals surface area contributed by atoms with Gasteiger partial charge in [-0.05, 0) is 30.3 Å². The molecule has 27 heavy (non-hydrogen) atoms. The number of hydrogen-bond acceptors (Lipinski definition) is 6. The maximum Gasteiger partial charge on any atom is 0.232 e. The van der Waals surface area contributed by atoms with Gasteiger partial charge in [0.1, 0.15) is 0 Å². The number of ether oxygens (including phenoxy) is 2. The Bertz CT molecular complexity index is 1010. The molecule has 0 spiro atoms. The Morgan fingerprint density at radius 1 is 1.22 bits per heavy atom. The lowest BCUT2D eigenvalue weighted by Gasteiger charge is -2.22. The lowest BCUT2D eigenvalue weighted by molar-refractivity contribution is -0.116. The van der Waals surface area contributed by atoms with Crippen LogP contribution >= 0.6 is 0 Å². The van der Waals surface area contributed by atoms with E-state index in [0.29, 0.717) is 28.4 Å². The highest BCUT2D eigenvalue weighted by molar-refractivity contribution is 7.92. The molecule has 3 rings (SSSR count). The van der Waals surface area contributed by atoms with E-state index in [0.717, 1.165) is 10.6 Å². The molecule has 9 heteroatoms. The predicted molar refractivity (Wildman–Crippen MR) is 99.2 cm³/mol.